The van der Waals surface area contributed by atoms with E-state index in [1.54, 1.807) is 12.1 Å². The van der Waals surface area contributed by atoms with Gasteiger partial charge in [-0.3, -0.25) is 10.2 Å². The van der Waals surface area contributed by atoms with Crippen LogP contribution < -0.4 is 5.43 Å². The molecule has 0 aliphatic rings. The predicted molar refractivity (Wildman–Crippen MR) is 117 cm³/mol. The van der Waals surface area contributed by atoms with E-state index in [9.17, 15) is 4.79 Å². The topological polar surface area (TPSA) is 54.4 Å². The Morgan fingerprint density at radius 1 is 0.821 bits per heavy atom. The normalized spacial score (nSPS) is 11.4. The Labute approximate surface area is 171 Å². The number of rotatable bonds is 5. The number of pyridine rings is 1. The molecule has 0 aliphatic heterocycles. The minimum atomic E-state index is -0.187. The highest BCUT2D eigenvalue weighted by Gasteiger charge is 2.18. The molecule has 0 saturated heterocycles. The first kappa shape index (κ1) is 18.1. The molecule has 0 unspecified atom stereocenters. The zero-order valence-electron chi connectivity index (χ0n) is 14.8. The summed E-state index contributed by atoms with van der Waals surface area (Å²) in [5.41, 5.74) is 5.92. The fraction of sp³-hybridized carbons (Fsp3) is 0. The molecule has 0 fully saturated rings. The van der Waals surface area contributed by atoms with E-state index in [0.29, 0.717) is 11.3 Å². The Kier molecular flexibility index (Phi) is 5.26. The second-order valence-electron chi connectivity index (χ2n) is 6.16. The predicted octanol–water partition coefficient (Wildman–Crippen LogP) is 5.70. The summed E-state index contributed by atoms with van der Waals surface area (Å²) in [6.07, 6.45) is 0. The Bertz CT molecular complexity index is 1160. The molecule has 1 N–H and O–H groups in total. The minimum Gasteiger partial charge on any atom is -0.287 e. The zero-order valence-corrected chi connectivity index (χ0v) is 16.4. The molecular formula is C23H16BrN3O. The number of nitrogens with one attached hydrogen (secondary N) is 1. The number of hydrogen-bond acceptors (Lipinski definition) is 4. The lowest BCUT2D eigenvalue weighted by Gasteiger charge is -2.08. The number of carbonyl (C=O) groups excluding carboxylic acids is 1. The lowest BCUT2D eigenvalue weighted by atomic mass is 10.0. The van der Waals surface area contributed by atoms with Crippen LogP contribution in [-0.2, 0) is 0 Å². The van der Waals surface area contributed by atoms with Crippen LogP contribution >= 0.6 is 15.9 Å². The van der Waals surface area contributed by atoms with Crippen molar-refractivity contribution in [3.05, 3.63) is 107 Å². The van der Waals surface area contributed by atoms with Crippen molar-refractivity contribution in [3.8, 4) is 0 Å². The number of ketones is 1. The molecule has 0 bridgehead atoms. The maximum atomic E-state index is 13.1. The van der Waals surface area contributed by atoms with Crippen LogP contribution in [0.1, 0.15) is 16.1 Å². The summed E-state index contributed by atoms with van der Waals surface area (Å²) in [6, 6.07) is 28.2. The van der Waals surface area contributed by atoms with Gasteiger partial charge in [0.15, 0.2) is 5.71 Å². The van der Waals surface area contributed by atoms with Crippen LogP contribution in [0.25, 0.3) is 10.9 Å². The number of Topliss-reactive ketones (excluding diaryl/α,β-unsaturated/α-hetero) is 1. The second-order valence-corrected chi connectivity index (χ2v) is 7.08. The molecule has 0 spiro atoms. The summed E-state index contributed by atoms with van der Waals surface area (Å²) in [7, 11) is 0. The molecule has 0 atom stereocenters. The van der Waals surface area contributed by atoms with E-state index in [0.717, 1.165) is 21.1 Å². The minimum absolute atomic E-state index is 0.187. The average Bonchev–Trinajstić information content (AvgIpc) is 2.75. The molecule has 3 aromatic carbocycles. The van der Waals surface area contributed by atoms with Crippen LogP contribution in [0.2, 0.25) is 0 Å². The SMILES string of the molecule is O=C(/C(=N\Nc1ccc(Br)cc1)c1ccc2ccccc2n1)c1ccccc1. The number of hydrogen-bond donors (Lipinski definition) is 1. The van der Waals surface area contributed by atoms with Crippen molar-refractivity contribution in [2.45, 2.75) is 0 Å². The Morgan fingerprint density at radius 3 is 2.32 bits per heavy atom. The van der Waals surface area contributed by atoms with Gasteiger partial charge >= 0.3 is 0 Å². The number of fused-ring (bicyclic) bond motifs is 1. The van der Waals surface area contributed by atoms with Crippen LogP contribution in [0.4, 0.5) is 5.69 Å². The van der Waals surface area contributed by atoms with E-state index in [1.807, 2.05) is 78.9 Å². The third kappa shape index (κ3) is 4.00. The highest BCUT2D eigenvalue weighted by atomic mass is 79.9. The molecule has 4 nitrogen and oxygen atoms in total. The van der Waals surface area contributed by atoms with Crippen LogP contribution in [0.3, 0.4) is 0 Å². The fourth-order valence-electron chi connectivity index (χ4n) is 2.79. The van der Waals surface area contributed by atoms with Crippen LogP contribution in [0.15, 0.2) is 101 Å². The number of para-hydroxylation sites is 1. The van der Waals surface area contributed by atoms with Gasteiger partial charge in [0.05, 0.1) is 16.9 Å². The molecule has 5 heteroatoms. The second kappa shape index (κ2) is 8.15. The van der Waals surface area contributed by atoms with Crippen LogP contribution in [-0.4, -0.2) is 16.5 Å². The summed E-state index contributed by atoms with van der Waals surface area (Å²) >= 11 is 3.41. The standard InChI is InChI=1S/C23H16BrN3O/c24-18-11-13-19(14-12-18)26-27-22(23(28)17-7-2-1-3-8-17)21-15-10-16-6-4-5-9-20(16)25-21/h1-15,26H/b27-22-. The monoisotopic (exact) mass is 429 g/mol. The first-order valence-electron chi connectivity index (χ1n) is 8.76. The Hall–Kier alpha value is -3.31. The van der Waals surface area contributed by atoms with Gasteiger partial charge in [0, 0.05) is 15.4 Å². The largest absolute Gasteiger partial charge is 0.287 e. The smallest absolute Gasteiger partial charge is 0.215 e. The summed E-state index contributed by atoms with van der Waals surface area (Å²) in [4.78, 5) is 17.8. The van der Waals surface area contributed by atoms with Crippen molar-refractivity contribution in [2.24, 2.45) is 5.10 Å². The molecule has 1 heterocycles. The van der Waals surface area contributed by atoms with Gasteiger partial charge in [-0.05, 0) is 36.4 Å². The molecule has 4 rings (SSSR count). The van der Waals surface area contributed by atoms with Gasteiger partial charge in [-0.25, -0.2) is 4.98 Å². The number of carbonyl (C=O) groups is 1. The molecule has 0 radical (unpaired) electrons. The van der Waals surface area contributed by atoms with Crippen molar-refractivity contribution in [1.82, 2.24) is 4.98 Å². The first-order chi connectivity index (χ1) is 13.7. The van der Waals surface area contributed by atoms with E-state index in [4.69, 9.17) is 0 Å². The summed E-state index contributed by atoms with van der Waals surface area (Å²) in [5, 5.41) is 5.43. The number of aromatic nitrogens is 1. The fourth-order valence-corrected chi connectivity index (χ4v) is 3.06. The van der Waals surface area contributed by atoms with Gasteiger partial charge in [-0.15, -0.1) is 0 Å². The quantitative estimate of drug-likeness (QED) is 0.251. The van der Waals surface area contributed by atoms with Gasteiger partial charge in [-0.1, -0.05) is 70.5 Å². The van der Waals surface area contributed by atoms with E-state index >= 15 is 0 Å². The van der Waals surface area contributed by atoms with Crippen molar-refractivity contribution in [1.29, 1.82) is 0 Å². The number of nitrogens with zero attached hydrogens (tertiary/aromatic N) is 2. The third-order valence-electron chi connectivity index (χ3n) is 4.23. The Balaban J connectivity index is 1.76. The number of hydrazone groups is 1. The summed E-state index contributed by atoms with van der Waals surface area (Å²) in [5.74, 6) is -0.187. The van der Waals surface area contributed by atoms with Gasteiger partial charge in [0.1, 0.15) is 0 Å². The Morgan fingerprint density at radius 2 is 1.54 bits per heavy atom. The van der Waals surface area contributed by atoms with E-state index in [-0.39, 0.29) is 11.5 Å². The third-order valence-corrected chi connectivity index (χ3v) is 4.76. The van der Waals surface area contributed by atoms with Crippen molar-refractivity contribution in [2.75, 3.05) is 5.43 Å². The zero-order chi connectivity index (χ0) is 19.3. The maximum absolute atomic E-state index is 13.1. The number of halogens is 1. The van der Waals surface area contributed by atoms with E-state index < -0.39 is 0 Å². The lowest BCUT2D eigenvalue weighted by molar-refractivity contribution is 0.106. The highest BCUT2D eigenvalue weighted by molar-refractivity contribution is 9.10. The van der Waals surface area contributed by atoms with Gasteiger partial charge < -0.3 is 0 Å². The summed E-state index contributed by atoms with van der Waals surface area (Å²) in [6.45, 7) is 0. The van der Waals surface area contributed by atoms with Gasteiger partial charge in [-0.2, -0.15) is 5.10 Å². The first-order valence-corrected chi connectivity index (χ1v) is 9.55. The summed E-state index contributed by atoms with van der Waals surface area (Å²) < 4.78 is 0.971. The van der Waals surface area contributed by atoms with Crippen molar-refractivity contribution < 1.29 is 4.79 Å². The van der Waals surface area contributed by atoms with Crippen molar-refractivity contribution >= 4 is 44.0 Å². The molecule has 136 valence electrons. The molecule has 28 heavy (non-hydrogen) atoms. The molecular weight excluding hydrogens is 414 g/mol. The maximum Gasteiger partial charge on any atom is 0.215 e. The van der Waals surface area contributed by atoms with Gasteiger partial charge in [0.2, 0.25) is 5.78 Å². The molecule has 0 saturated carbocycles. The molecule has 0 aliphatic carbocycles. The average molecular weight is 430 g/mol. The van der Waals surface area contributed by atoms with Crippen LogP contribution in [0.5, 0.6) is 0 Å². The number of anilines is 1. The molecule has 0 amide bonds. The van der Waals surface area contributed by atoms with E-state index in [2.05, 4.69) is 31.4 Å². The van der Waals surface area contributed by atoms with E-state index in [1.165, 1.54) is 0 Å². The van der Waals surface area contributed by atoms with Crippen LogP contribution in [0, 0.1) is 0 Å². The highest BCUT2D eigenvalue weighted by Crippen LogP contribution is 2.17. The number of benzene rings is 3. The van der Waals surface area contributed by atoms with Crippen molar-refractivity contribution in [3.63, 3.8) is 0 Å². The lowest BCUT2D eigenvalue weighted by Crippen LogP contribution is -2.19. The molecule has 1 aromatic heterocycles. The van der Waals surface area contributed by atoms with Gasteiger partial charge in [0.25, 0.3) is 0 Å². The molecule has 4 aromatic rings.